The normalized spacial score (nSPS) is 16.3. The van der Waals surface area contributed by atoms with Crippen molar-refractivity contribution in [2.45, 2.75) is 30.4 Å². The van der Waals surface area contributed by atoms with Gasteiger partial charge in [-0.1, -0.05) is 0 Å². The van der Waals surface area contributed by atoms with Crippen molar-refractivity contribution < 1.29 is 13.2 Å². The topological polar surface area (TPSA) is 80.5 Å². The third-order valence-corrected chi connectivity index (χ3v) is 5.68. The number of carbonyl (C=O) groups is 1. The summed E-state index contributed by atoms with van der Waals surface area (Å²) in [6.07, 6.45) is 0.690. The van der Waals surface area contributed by atoms with Crippen LogP contribution in [0.1, 0.15) is 19.4 Å². The van der Waals surface area contributed by atoms with Gasteiger partial charge in [-0.2, -0.15) is 0 Å². The second-order valence-electron chi connectivity index (χ2n) is 4.80. The molecule has 1 unspecified atom stereocenters. The van der Waals surface area contributed by atoms with E-state index in [0.717, 1.165) is 11.3 Å². The number of benzene rings is 1. The second kappa shape index (κ2) is 4.94. The van der Waals surface area contributed by atoms with Crippen LogP contribution >= 0.6 is 0 Å². The third-order valence-electron chi connectivity index (χ3n) is 3.52. The van der Waals surface area contributed by atoms with Crippen molar-refractivity contribution in [3.05, 3.63) is 23.8 Å². The number of hydrogen-bond acceptors (Lipinski definition) is 4. The smallest absolute Gasteiger partial charge is 0.223 e. The number of fused-ring (bicyclic) bond motifs is 1. The van der Waals surface area contributed by atoms with E-state index in [1.165, 1.54) is 6.92 Å². The predicted molar refractivity (Wildman–Crippen MR) is 73.9 cm³/mol. The Kier molecular flexibility index (Phi) is 3.64. The summed E-state index contributed by atoms with van der Waals surface area (Å²) >= 11 is 0. The number of rotatable bonds is 3. The highest BCUT2D eigenvalue weighted by Gasteiger charge is 2.27. The quantitative estimate of drug-likeness (QED) is 0.885. The minimum absolute atomic E-state index is 0.0234. The van der Waals surface area contributed by atoms with Gasteiger partial charge in [0.15, 0.2) is 9.84 Å². The zero-order valence-electron chi connectivity index (χ0n) is 11.1. The number of nitrogens with zero attached hydrogens (tertiary/aromatic N) is 1. The molecule has 1 heterocycles. The maximum atomic E-state index is 12.2. The Morgan fingerprint density at radius 1 is 1.47 bits per heavy atom. The van der Waals surface area contributed by atoms with E-state index in [2.05, 4.69) is 0 Å². The molecule has 1 aliphatic heterocycles. The zero-order chi connectivity index (χ0) is 14.2. The van der Waals surface area contributed by atoms with Crippen LogP contribution in [0.5, 0.6) is 0 Å². The van der Waals surface area contributed by atoms with E-state index < -0.39 is 15.1 Å². The van der Waals surface area contributed by atoms with Gasteiger partial charge in [-0.15, -0.1) is 0 Å². The Bertz CT molecular complexity index is 610. The Balaban J connectivity index is 2.42. The van der Waals surface area contributed by atoms with Crippen LogP contribution in [-0.4, -0.2) is 32.7 Å². The third kappa shape index (κ3) is 2.37. The number of hydrogen-bond donors (Lipinski definition) is 1. The molecule has 0 aliphatic carbocycles. The Hall–Kier alpha value is -1.40. The molecule has 1 aromatic carbocycles. The van der Waals surface area contributed by atoms with E-state index in [1.807, 2.05) is 0 Å². The zero-order valence-corrected chi connectivity index (χ0v) is 11.9. The van der Waals surface area contributed by atoms with Crippen molar-refractivity contribution in [1.82, 2.24) is 0 Å². The molecule has 1 amide bonds. The van der Waals surface area contributed by atoms with Gasteiger partial charge in [0.1, 0.15) is 0 Å². The maximum Gasteiger partial charge on any atom is 0.223 e. The van der Waals surface area contributed by atoms with E-state index in [9.17, 15) is 13.2 Å². The van der Waals surface area contributed by atoms with Crippen molar-refractivity contribution in [1.29, 1.82) is 0 Å². The van der Waals surface area contributed by atoms with Gasteiger partial charge in [0.2, 0.25) is 5.91 Å². The van der Waals surface area contributed by atoms with Gasteiger partial charge < -0.3 is 10.6 Å². The highest BCUT2D eigenvalue weighted by molar-refractivity contribution is 7.92. The molecule has 19 heavy (non-hydrogen) atoms. The van der Waals surface area contributed by atoms with Crippen LogP contribution < -0.4 is 10.6 Å². The van der Waals surface area contributed by atoms with Crippen LogP contribution in [0.3, 0.4) is 0 Å². The largest absolute Gasteiger partial charge is 0.329 e. The number of sulfone groups is 1. The summed E-state index contributed by atoms with van der Waals surface area (Å²) in [5.41, 5.74) is 7.15. The molecule has 104 valence electrons. The molecule has 6 heteroatoms. The maximum absolute atomic E-state index is 12.2. The number of carbonyl (C=O) groups excluding carboxylic acids is 1. The molecule has 0 saturated carbocycles. The fraction of sp³-hybridized carbons (Fsp3) is 0.462. The Labute approximate surface area is 113 Å². The Morgan fingerprint density at radius 3 is 2.74 bits per heavy atom. The lowest BCUT2D eigenvalue weighted by Gasteiger charge is -2.16. The lowest BCUT2D eigenvalue weighted by atomic mass is 10.2. The molecular weight excluding hydrogens is 264 g/mol. The molecule has 2 N–H and O–H groups in total. The summed E-state index contributed by atoms with van der Waals surface area (Å²) in [5.74, 6) is -0.0234. The first-order valence-corrected chi connectivity index (χ1v) is 7.77. The minimum Gasteiger partial charge on any atom is -0.329 e. The molecule has 1 aliphatic rings. The van der Waals surface area contributed by atoms with E-state index in [4.69, 9.17) is 5.73 Å². The monoisotopic (exact) mass is 282 g/mol. The molecule has 5 nitrogen and oxygen atoms in total. The summed E-state index contributed by atoms with van der Waals surface area (Å²) in [7, 11) is -3.38. The van der Waals surface area contributed by atoms with Crippen LogP contribution in [0.15, 0.2) is 23.1 Å². The summed E-state index contributed by atoms with van der Waals surface area (Å²) in [5, 5.41) is -0.601. The molecular formula is C13H18N2O3S. The van der Waals surface area contributed by atoms with Crippen LogP contribution in [0, 0.1) is 0 Å². The minimum atomic E-state index is -3.38. The highest BCUT2D eigenvalue weighted by Crippen LogP contribution is 2.31. The molecule has 1 atom stereocenters. The average Bonchev–Trinajstić information content (AvgIpc) is 2.80. The molecule has 0 aromatic heterocycles. The molecule has 1 aromatic rings. The van der Waals surface area contributed by atoms with E-state index >= 15 is 0 Å². The van der Waals surface area contributed by atoms with Gasteiger partial charge in [-0.05, 0) is 37.1 Å². The van der Waals surface area contributed by atoms with E-state index in [-0.39, 0.29) is 17.3 Å². The number of nitrogens with two attached hydrogens (primary N) is 1. The van der Waals surface area contributed by atoms with Crippen molar-refractivity contribution in [3.8, 4) is 0 Å². The van der Waals surface area contributed by atoms with Gasteiger partial charge in [0, 0.05) is 25.7 Å². The van der Waals surface area contributed by atoms with Crippen molar-refractivity contribution >= 4 is 21.4 Å². The lowest BCUT2D eigenvalue weighted by molar-refractivity contribution is -0.116. The van der Waals surface area contributed by atoms with Gasteiger partial charge in [0.05, 0.1) is 10.1 Å². The molecule has 0 fully saturated rings. The molecule has 0 saturated heterocycles. The molecule has 0 bridgehead atoms. The van der Waals surface area contributed by atoms with Crippen LogP contribution in [0.25, 0.3) is 0 Å². The molecule has 2 rings (SSSR count). The van der Waals surface area contributed by atoms with Gasteiger partial charge in [-0.25, -0.2) is 8.42 Å². The predicted octanol–water partition coefficient (Wildman–Crippen LogP) is 0.717. The van der Waals surface area contributed by atoms with Crippen molar-refractivity contribution in [2.75, 3.05) is 18.0 Å². The van der Waals surface area contributed by atoms with Gasteiger partial charge in [-0.3, -0.25) is 4.79 Å². The summed E-state index contributed by atoms with van der Waals surface area (Å²) in [4.78, 5) is 13.4. The first-order chi connectivity index (χ1) is 8.87. The SMILES string of the molecule is CC(=O)N1CCc2cc(S(=O)(=O)C(C)CN)ccc21. The number of amides is 1. The number of anilines is 1. The fourth-order valence-corrected chi connectivity index (χ4v) is 3.52. The van der Waals surface area contributed by atoms with Gasteiger partial charge >= 0.3 is 0 Å². The fourth-order valence-electron chi connectivity index (χ4n) is 2.24. The summed E-state index contributed by atoms with van der Waals surface area (Å²) in [6.45, 7) is 3.82. The summed E-state index contributed by atoms with van der Waals surface area (Å²) < 4.78 is 24.4. The molecule has 0 spiro atoms. The Morgan fingerprint density at radius 2 is 2.16 bits per heavy atom. The van der Waals surface area contributed by atoms with Crippen molar-refractivity contribution in [3.63, 3.8) is 0 Å². The first kappa shape index (κ1) is 14.0. The highest BCUT2D eigenvalue weighted by atomic mass is 32.2. The second-order valence-corrected chi connectivity index (χ2v) is 7.17. The van der Waals surface area contributed by atoms with Crippen LogP contribution in [-0.2, 0) is 21.1 Å². The standard InChI is InChI=1S/C13H18N2O3S/c1-9(8-14)19(17,18)12-3-4-13-11(7-12)5-6-15(13)10(2)16/h3-4,7,9H,5-6,8,14H2,1-2H3. The average molecular weight is 282 g/mol. The molecule has 0 radical (unpaired) electrons. The van der Waals surface area contributed by atoms with Crippen LogP contribution in [0.4, 0.5) is 5.69 Å². The van der Waals surface area contributed by atoms with Gasteiger partial charge in [0.25, 0.3) is 0 Å². The lowest BCUT2D eigenvalue weighted by Crippen LogP contribution is -2.27. The first-order valence-electron chi connectivity index (χ1n) is 6.23. The van der Waals surface area contributed by atoms with Crippen LogP contribution in [0.2, 0.25) is 0 Å². The van der Waals surface area contributed by atoms with E-state index in [0.29, 0.717) is 13.0 Å². The van der Waals surface area contributed by atoms with E-state index in [1.54, 1.807) is 30.0 Å². The van der Waals surface area contributed by atoms with Crippen molar-refractivity contribution in [2.24, 2.45) is 5.73 Å². The summed E-state index contributed by atoms with van der Waals surface area (Å²) in [6, 6.07) is 4.93.